The standard InChI is InChI=1S/C14H30N2O/c1-4-15-10-5-7-13(2)17-12-9-14-8-6-11-16(14)3/h13-15H,4-12H2,1-3H3. The number of rotatable bonds is 9. The summed E-state index contributed by atoms with van der Waals surface area (Å²) in [5, 5.41) is 3.35. The van der Waals surface area contributed by atoms with E-state index in [1.54, 1.807) is 0 Å². The fourth-order valence-electron chi connectivity index (χ4n) is 2.52. The molecule has 1 aliphatic heterocycles. The van der Waals surface area contributed by atoms with E-state index < -0.39 is 0 Å². The van der Waals surface area contributed by atoms with Crippen LogP contribution >= 0.6 is 0 Å². The van der Waals surface area contributed by atoms with Gasteiger partial charge in [0, 0.05) is 12.6 Å². The van der Waals surface area contributed by atoms with Crippen LogP contribution in [0.4, 0.5) is 0 Å². The van der Waals surface area contributed by atoms with Gasteiger partial charge in [0.05, 0.1) is 6.10 Å². The zero-order valence-electron chi connectivity index (χ0n) is 11.9. The second kappa shape index (κ2) is 8.90. The minimum absolute atomic E-state index is 0.417. The van der Waals surface area contributed by atoms with Crippen LogP contribution in [0.1, 0.15) is 46.0 Å². The van der Waals surface area contributed by atoms with Crippen LogP contribution in [0.2, 0.25) is 0 Å². The van der Waals surface area contributed by atoms with Gasteiger partial charge in [0.15, 0.2) is 0 Å². The number of nitrogens with one attached hydrogen (secondary N) is 1. The van der Waals surface area contributed by atoms with E-state index in [9.17, 15) is 0 Å². The van der Waals surface area contributed by atoms with Gasteiger partial charge in [-0.15, -0.1) is 0 Å². The summed E-state index contributed by atoms with van der Waals surface area (Å²) in [6, 6.07) is 0.768. The molecule has 2 atom stereocenters. The predicted octanol–water partition coefficient (Wildman–Crippen LogP) is 2.27. The maximum absolute atomic E-state index is 5.88. The normalized spacial score (nSPS) is 23.1. The van der Waals surface area contributed by atoms with E-state index in [0.29, 0.717) is 6.10 Å². The summed E-state index contributed by atoms with van der Waals surface area (Å²) in [4.78, 5) is 2.47. The quantitative estimate of drug-likeness (QED) is 0.628. The Hall–Kier alpha value is -0.120. The molecule has 0 aromatic rings. The Kier molecular flexibility index (Phi) is 7.82. The van der Waals surface area contributed by atoms with Crippen LogP contribution in [0.15, 0.2) is 0 Å². The summed E-state index contributed by atoms with van der Waals surface area (Å²) in [5.41, 5.74) is 0. The fraction of sp³-hybridized carbons (Fsp3) is 1.00. The first-order valence-electron chi connectivity index (χ1n) is 7.26. The predicted molar refractivity (Wildman–Crippen MR) is 73.5 cm³/mol. The molecule has 1 saturated heterocycles. The van der Waals surface area contributed by atoms with Crippen LogP contribution in [0.25, 0.3) is 0 Å². The molecule has 0 amide bonds. The van der Waals surface area contributed by atoms with Gasteiger partial charge in [-0.1, -0.05) is 6.92 Å². The molecule has 17 heavy (non-hydrogen) atoms. The summed E-state index contributed by atoms with van der Waals surface area (Å²) in [5.74, 6) is 0. The minimum atomic E-state index is 0.417. The molecule has 0 radical (unpaired) electrons. The van der Waals surface area contributed by atoms with Crippen molar-refractivity contribution in [1.82, 2.24) is 10.2 Å². The first kappa shape index (κ1) is 14.9. The fourth-order valence-corrected chi connectivity index (χ4v) is 2.52. The smallest absolute Gasteiger partial charge is 0.0547 e. The monoisotopic (exact) mass is 242 g/mol. The summed E-state index contributed by atoms with van der Waals surface area (Å²) in [6.07, 6.45) is 6.73. The highest BCUT2D eigenvalue weighted by Crippen LogP contribution is 2.18. The van der Waals surface area contributed by atoms with Gasteiger partial charge >= 0.3 is 0 Å². The van der Waals surface area contributed by atoms with E-state index >= 15 is 0 Å². The molecule has 3 nitrogen and oxygen atoms in total. The van der Waals surface area contributed by atoms with Crippen molar-refractivity contribution in [2.45, 2.75) is 58.1 Å². The summed E-state index contributed by atoms with van der Waals surface area (Å²) >= 11 is 0. The van der Waals surface area contributed by atoms with Gasteiger partial charge in [-0.3, -0.25) is 0 Å². The minimum Gasteiger partial charge on any atom is -0.378 e. The van der Waals surface area contributed by atoms with Gasteiger partial charge in [-0.05, 0) is 65.7 Å². The van der Waals surface area contributed by atoms with Crippen molar-refractivity contribution >= 4 is 0 Å². The molecule has 0 saturated carbocycles. The molecule has 3 heteroatoms. The van der Waals surface area contributed by atoms with Crippen molar-refractivity contribution in [1.29, 1.82) is 0 Å². The van der Waals surface area contributed by atoms with Gasteiger partial charge < -0.3 is 15.0 Å². The third kappa shape index (κ3) is 6.39. The molecule has 0 aromatic carbocycles. The first-order valence-corrected chi connectivity index (χ1v) is 7.26. The van der Waals surface area contributed by atoms with E-state index in [4.69, 9.17) is 4.74 Å². The Morgan fingerprint density at radius 1 is 1.47 bits per heavy atom. The lowest BCUT2D eigenvalue weighted by Crippen LogP contribution is -2.26. The number of nitrogens with zero attached hydrogens (tertiary/aromatic N) is 1. The Morgan fingerprint density at radius 3 is 2.94 bits per heavy atom. The summed E-state index contributed by atoms with van der Waals surface area (Å²) in [6.45, 7) is 8.74. The second-order valence-corrected chi connectivity index (χ2v) is 5.24. The highest BCUT2D eigenvalue weighted by Gasteiger charge is 2.20. The lowest BCUT2D eigenvalue weighted by molar-refractivity contribution is 0.0475. The Labute approximate surface area is 107 Å². The maximum Gasteiger partial charge on any atom is 0.0547 e. The molecule has 1 fully saturated rings. The van der Waals surface area contributed by atoms with Crippen molar-refractivity contribution in [2.24, 2.45) is 0 Å². The van der Waals surface area contributed by atoms with Crippen molar-refractivity contribution in [3.63, 3.8) is 0 Å². The van der Waals surface area contributed by atoms with E-state index in [2.05, 4.69) is 31.1 Å². The van der Waals surface area contributed by atoms with E-state index in [1.807, 2.05) is 0 Å². The molecular formula is C14H30N2O. The summed E-state index contributed by atoms with van der Waals surface area (Å²) < 4.78 is 5.88. The molecule has 102 valence electrons. The number of ether oxygens (including phenoxy) is 1. The zero-order chi connectivity index (χ0) is 12.5. The topological polar surface area (TPSA) is 24.5 Å². The molecule has 1 aliphatic rings. The SMILES string of the molecule is CCNCCCC(C)OCCC1CCCN1C. The Morgan fingerprint density at radius 2 is 2.29 bits per heavy atom. The highest BCUT2D eigenvalue weighted by molar-refractivity contribution is 4.75. The van der Waals surface area contributed by atoms with Crippen LogP contribution in [0.3, 0.4) is 0 Å². The molecule has 0 aliphatic carbocycles. The lowest BCUT2D eigenvalue weighted by Gasteiger charge is -2.20. The first-order chi connectivity index (χ1) is 8.24. The van der Waals surface area contributed by atoms with Gasteiger partial charge in [-0.2, -0.15) is 0 Å². The molecule has 0 aromatic heterocycles. The van der Waals surface area contributed by atoms with Crippen LogP contribution < -0.4 is 5.32 Å². The number of likely N-dealkylation sites (tertiary alicyclic amines) is 1. The largest absolute Gasteiger partial charge is 0.378 e. The van der Waals surface area contributed by atoms with Gasteiger partial charge in [0.2, 0.25) is 0 Å². The summed E-state index contributed by atoms with van der Waals surface area (Å²) in [7, 11) is 2.23. The van der Waals surface area contributed by atoms with E-state index in [0.717, 1.165) is 25.7 Å². The average molecular weight is 242 g/mol. The Balaban J connectivity index is 1.94. The molecule has 1 heterocycles. The van der Waals surface area contributed by atoms with Crippen molar-refractivity contribution in [3.8, 4) is 0 Å². The second-order valence-electron chi connectivity index (χ2n) is 5.24. The average Bonchev–Trinajstić information content (AvgIpc) is 2.71. The molecule has 2 unspecified atom stereocenters. The van der Waals surface area contributed by atoms with Crippen molar-refractivity contribution in [2.75, 3.05) is 33.3 Å². The molecular weight excluding hydrogens is 212 g/mol. The molecule has 1 N–H and O–H groups in total. The maximum atomic E-state index is 5.88. The molecule has 0 spiro atoms. The van der Waals surface area contributed by atoms with Crippen LogP contribution in [0, 0.1) is 0 Å². The van der Waals surface area contributed by atoms with Crippen LogP contribution in [0.5, 0.6) is 0 Å². The highest BCUT2D eigenvalue weighted by atomic mass is 16.5. The van der Waals surface area contributed by atoms with Crippen molar-refractivity contribution < 1.29 is 4.74 Å². The van der Waals surface area contributed by atoms with E-state index in [1.165, 1.54) is 38.6 Å². The van der Waals surface area contributed by atoms with Crippen molar-refractivity contribution in [3.05, 3.63) is 0 Å². The third-order valence-corrected chi connectivity index (χ3v) is 3.74. The van der Waals surface area contributed by atoms with Crippen LogP contribution in [-0.4, -0.2) is 50.3 Å². The lowest BCUT2D eigenvalue weighted by atomic mass is 10.1. The van der Waals surface area contributed by atoms with Crippen LogP contribution in [-0.2, 0) is 4.74 Å². The number of hydrogen-bond donors (Lipinski definition) is 1. The van der Waals surface area contributed by atoms with E-state index in [-0.39, 0.29) is 0 Å². The van der Waals surface area contributed by atoms with Gasteiger partial charge in [0.1, 0.15) is 0 Å². The molecule has 0 bridgehead atoms. The third-order valence-electron chi connectivity index (χ3n) is 3.74. The molecule has 1 rings (SSSR count). The Bertz CT molecular complexity index is 187. The zero-order valence-corrected chi connectivity index (χ0v) is 11.9. The number of hydrogen-bond acceptors (Lipinski definition) is 3. The van der Waals surface area contributed by atoms with Gasteiger partial charge in [-0.25, -0.2) is 0 Å². The van der Waals surface area contributed by atoms with Gasteiger partial charge in [0.25, 0.3) is 0 Å².